The van der Waals surface area contributed by atoms with Gasteiger partial charge in [-0.15, -0.1) is 0 Å². The van der Waals surface area contributed by atoms with E-state index >= 15 is 0 Å². The van der Waals surface area contributed by atoms with Crippen molar-refractivity contribution in [1.29, 1.82) is 0 Å². The van der Waals surface area contributed by atoms with Gasteiger partial charge < -0.3 is 15.4 Å². The van der Waals surface area contributed by atoms with Crippen LogP contribution in [0.1, 0.15) is 0 Å². The smallest absolute Gasteiger partial charge is 0.0133 e. The average molecular weight is 413 g/mol. The second-order valence-corrected chi connectivity index (χ2v) is 2.71. The normalized spacial score (nSPS) is 18.6. The van der Waals surface area contributed by atoms with Crippen LogP contribution in [-0.4, -0.2) is 55.5 Å². The van der Waals surface area contributed by atoms with E-state index in [-0.39, 0.29) is 0 Å². The fraction of sp³-hybridized carbons (Fsp3) is 0.857. The molecule has 1 amide bonds. The molecule has 1 saturated heterocycles. The summed E-state index contributed by atoms with van der Waals surface area (Å²) in [5.41, 5.74) is 5.39. The van der Waals surface area contributed by atoms with Gasteiger partial charge in [0.25, 0.3) is 0 Å². The molecule has 0 aromatic rings. The van der Waals surface area contributed by atoms with Crippen LogP contribution in [0.3, 0.4) is 0 Å². The van der Waals surface area contributed by atoms with E-state index in [9.17, 15) is 4.79 Å². The first-order valence-electron chi connectivity index (χ1n) is 3.92. The molecule has 0 bridgehead atoms. The van der Waals surface area contributed by atoms with Crippen LogP contribution < -0.4 is 5.73 Å². The number of hydrogen-bond donors (Lipinski definition) is 1. The third kappa shape index (κ3) is 2.56. The van der Waals surface area contributed by atoms with Crippen LogP contribution >= 0.6 is 0 Å². The summed E-state index contributed by atoms with van der Waals surface area (Å²) in [5.74, 6) is 0. The number of nitrogens with zero attached hydrogens (tertiary/aromatic N) is 2. The largest absolute Gasteiger partial charge is 0.520 e. The third-order valence-electron chi connectivity index (χ3n) is 1.95. The second kappa shape index (κ2) is 5.09. The number of amides is 1. The van der Waals surface area contributed by atoms with Gasteiger partial charge >= 0.3 is 0 Å². The Bertz CT molecular complexity index is 126. The minimum atomic E-state index is 0. The van der Waals surface area contributed by atoms with E-state index in [1.807, 2.05) is 6.41 Å². The molecule has 0 radical (unpaired) electrons. The molecule has 5 heteroatoms. The second-order valence-electron chi connectivity index (χ2n) is 2.71. The van der Waals surface area contributed by atoms with Gasteiger partial charge in [0, 0.05) is 39.3 Å². The summed E-state index contributed by atoms with van der Waals surface area (Å²) in [6.07, 6.45) is 1.89. The monoisotopic (exact) mass is 413 g/mol. The number of nitrogens with two attached hydrogens (primary N) is 1. The summed E-state index contributed by atoms with van der Waals surface area (Å²) in [6, 6.07) is 0. The summed E-state index contributed by atoms with van der Waals surface area (Å²) in [6.45, 7) is 5.10. The predicted molar refractivity (Wildman–Crippen MR) is 42.8 cm³/mol. The zero-order chi connectivity index (χ0) is 8.10. The minimum absolute atomic E-state index is 0. The zero-order valence-corrected chi connectivity index (χ0v) is 9.32. The van der Waals surface area contributed by atoms with Gasteiger partial charge in [-0.1, -0.05) is 0 Å². The van der Waals surface area contributed by atoms with Gasteiger partial charge in [0.15, 0.2) is 0 Å². The first kappa shape index (κ1) is 10.4. The SMILES string of the molecule is NCCN1CCN([C-]=O)CC1.[Fm]. The van der Waals surface area contributed by atoms with Crippen molar-refractivity contribution in [1.82, 2.24) is 9.80 Å². The quantitative estimate of drug-likeness (QED) is 0.582. The Morgan fingerprint density at radius 1 is 1.25 bits per heavy atom. The molecule has 0 aromatic carbocycles. The van der Waals surface area contributed by atoms with Crippen LogP contribution in [0.25, 0.3) is 0 Å². The predicted octanol–water partition coefficient (Wildman–Crippen LogP) is -1.37. The molecule has 1 aliphatic rings. The Morgan fingerprint density at radius 3 is 2.25 bits per heavy atom. The molecule has 12 heavy (non-hydrogen) atoms. The van der Waals surface area contributed by atoms with Gasteiger partial charge in [0.1, 0.15) is 0 Å². The van der Waals surface area contributed by atoms with Gasteiger partial charge in [-0.05, 0) is 0 Å². The van der Waals surface area contributed by atoms with Crippen molar-refractivity contribution in [2.45, 2.75) is 0 Å². The molecule has 0 unspecified atom stereocenters. The van der Waals surface area contributed by atoms with Crippen molar-refractivity contribution in [3.63, 3.8) is 0 Å². The van der Waals surface area contributed by atoms with Crippen LogP contribution in [0.4, 0.5) is 0 Å². The molecular formula is C7H14FmN3O-. The third-order valence-corrected chi connectivity index (χ3v) is 1.95. The summed E-state index contributed by atoms with van der Waals surface area (Å²) in [7, 11) is 0. The Morgan fingerprint density at radius 2 is 1.83 bits per heavy atom. The van der Waals surface area contributed by atoms with Gasteiger partial charge in [0.05, 0.1) is 0 Å². The van der Waals surface area contributed by atoms with Crippen molar-refractivity contribution in [3.05, 3.63) is 0 Å². The molecule has 0 saturated carbocycles. The molecule has 0 atom stereocenters. The minimum Gasteiger partial charge on any atom is -0.520 e. The van der Waals surface area contributed by atoms with E-state index in [4.69, 9.17) is 5.73 Å². The molecule has 76 valence electrons. The summed E-state index contributed by atoms with van der Waals surface area (Å²) in [5, 5.41) is 0. The van der Waals surface area contributed by atoms with Crippen molar-refractivity contribution < 1.29 is 4.79 Å². The van der Waals surface area contributed by atoms with Gasteiger partial charge in [-0.2, -0.15) is 6.41 Å². The molecule has 1 rings (SSSR count). The van der Waals surface area contributed by atoms with Crippen molar-refractivity contribution in [3.8, 4) is 0 Å². The number of hydrogen-bond acceptors (Lipinski definition) is 3. The average Bonchev–Trinajstić information content (AvgIpc) is 2.07. The Hall–Kier alpha value is -1.61. The molecule has 1 fully saturated rings. The summed E-state index contributed by atoms with van der Waals surface area (Å²) < 4.78 is 0. The number of piperazine rings is 1. The molecule has 4 nitrogen and oxygen atoms in total. The van der Waals surface area contributed by atoms with Crippen LogP contribution in [0.5, 0.6) is 0 Å². The molecule has 0 aliphatic carbocycles. The van der Waals surface area contributed by atoms with E-state index in [0.717, 1.165) is 32.7 Å². The zero-order valence-electron chi connectivity index (χ0n) is 6.91. The van der Waals surface area contributed by atoms with Crippen LogP contribution in [0.2, 0.25) is 0 Å². The van der Waals surface area contributed by atoms with E-state index in [1.54, 1.807) is 4.90 Å². The topological polar surface area (TPSA) is 49.6 Å². The van der Waals surface area contributed by atoms with Crippen molar-refractivity contribution in [2.75, 3.05) is 39.3 Å². The standard InChI is InChI=1S/C7H14N3O.Fm/c8-1-2-9-3-5-10(7-11)6-4-9;/h1-6,8H2;/q-1;. The van der Waals surface area contributed by atoms with Gasteiger partial charge in [-0.3, -0.25) is 4.90 Å². The fourth-order valence-corrected chi connectivity index (χ4v) is 1.25. The molecule has 0 spiro atoms. The maximum atomic E-state index is 10.2. The van der Waals surface area contributed by atoms with Crippen molar-refractivity contribution in [2.24, 2.45) is 5.73 Å². The van der Waals surface area contributed by atoms with E-state index in [0.29, 0.717) is 6.54 Å². The molecule has 0 aromatic heterocycles. The Balaban J connectivity index is 0.00000121. The van der Waals surface area contributed by atoms with Crippen LogP contribution in [0.15, 0.2) is 0 Å². The maximum absolute atomic E-state index is 10.2. The number of rotatable bonds is 3. The molecule has 2 N–H and O–H groups in total. The van der Waals surface area contributed by atoms with Crippen LogP contribution in [0, 0.1) is 0 Å². The molecule has 1 aliphatic heterocycles. The van der Waals surface area contributed by atoms with E-state index < -0.39 is 0 Å². The summed E-state index contributed by atoms with van der Waals surface area (Å²) >= 11 is 0. The van der Waals surface area contributed by atoms with Crippen molar-refractivity contribution >= 4 is 6.41 Å². The Labute approximate surface area is 66.9 Å². The molecular weight excluding hydrogens is 399 g/mol. The Kier molecular flexibility index (Phi) is 4.41. The van der Waals surface area contributed by atoms with Crippen LogP contribution in [-0.2, 0) is 4.79 Å². The van der Waals surface area contributed by atoms with Gasteiger partial charge in [0.2, 0.25) is 0 Å². The van der Waals surface area contributed by atoms with E-state index in [1.165, 1.54) is 0 Å². The first-order chi connectivity index (χ1) is 5.36. The number of carbonyl (C=O) groups excluding carboxylic acids is 1. The molecule has 1 heterocycles. The fourth-order valence-electron chi connectivity index (χ4n) is 1.25. The van der Waals surface area contributed by atoms with E-state index in [2.05, 4.69) is 4.90 Å². The first-order valence-corrected chi connectivity index (χ1v) is 3.92. The van der Waals surface area contributed by atoms with Gasteiger partial charge in [-0.25, -0.2) is 0 Å². The maximum Gasteiger partial charge on any atom is 0.0133 e. The summed E-state index contributed by atoms with van der Waals surface area (Å²) in [4.78, 5) is 14.1.